The lowest BCUT2D eigenvalue weighted by molar-refractivity contribution is -0.118. The normalized spacial score (nSPS) is 15.1. The highest BCUT2D eigenvalue weighted by Gasteiger charge is 2.28. The first-order valence-corrected chi connectivity index (χ1v) is 11.5. The van der Waals surface area contributed by atoms with Crippen molar-refractivity contribution >= 4 is 33.3 Å². The largest absolute Gasteiger partial charge is 0.484 e. The van der Waals surface area contributed by atoms with Gasteiger partial charge < -0.3 is 10.1 Å². The van der Waals surface area contributed by atoms with Gasteiger partial charge in [0.25, 0.3) is 5.91 Å². The van der Waals surface area contributed by atoms with Gasteiger partial charge in [0.2, 0.25) is 0 Å². The highest BCUT2D eigenvalue weighted by molar-refractivity contribution is 7.83. The monoisotopic (exact) mass is 431 g/mol. The van der Waals surface area contributed by atoms with Crippen LogP contribution in [0.2, 0.25) is 0 Å². The van der Waals surface area contributed by atoms with E-state index >= 15 is 0 Å². The molecule has 5 rings (SSSR count). The Morgan fingerprint density at radius 3 is 2.65 bits per heavy atom. The molecule has 0 radical (unpaired) electrons. The second-order valence-electron chi connectivity index (χ2n) is 7.60. The first kappa shape index (κ1) is 19.5. The fourth-order valence-corrected chi connectivity index (χ4v) is 4.97. The molecule has 1 aromatic heterocycles. The number of ether oxygens (including phenoxy) is 1. The summed E-state index contributed by atoms with van der Waals surface area (Å²) >= 11 is 0. The van der Waals surface area contributed by atoms with Crippen LogP contribution in [0.5, 0.6) is 5.75 Å². The van der Waals surface area contributed by atoms with Gasteiger partial charge in [-0.2, -0.15) is 5.10 Å². The lowest BCUT2D eigenvalue weighted by atomic mass is 10.1. The van der Waals surface area contributed by atoms with Gasteiger partial charge >= 0.3 is 0 Å². The molecule has 0 unspecified atom stereocenters. The Morgan fingerprint density at radius 1 is 1.06 bits per heavy atom. The molecule has 1 aliphatic heterocycles. The summed E-state index contributed by atoms with van der Waals surface area (Å²) in [4.78, 5) is 12.7. The van der Waals surface area contributed by atoms with E-state index in [9.17, 15) is 9.00 Å². The van der Waals surface area contributed by atoms with Crippen LogP contribution in [-0.2, 0) is 27.1 Å². The van der Waals surface area contributed by atoms with Crippen LogP contribution in [0.25, 0.3) is 16.5 Å². The Kier molecular flexibility index (Phi) is 5.03. The van der Waals surface area contributed by atoms with Crippen LogP contribution in [0.3, 0.4) is 0 Å². The molecule has 0 aliphatic carbocycles. The lowest BCUT2D eigenvalue weighted by Gasteiger charge is -2.12. The number of hydrogen-bond acceptors (Lipinski definition) is 4. The number of fused-ring (bicyclic) bond motifs is 2. The molecule has 6 nitrogen and oxygen atoms in total. The van der Waals surface area contributed by atoms with E-state index in [1.165, 1.54) is 0 Å². The zero-order valence-corrected chi connectivity index (χ0v) is 17.8. The predicted octanol–water partition coefficient (Wildman–Crippen LogP) is 4.11. The molecular weight excluding hydrogens is 410 g/mol. The predicted molar refractivity (Wildman–Crippen MR) is 122 cm³/mol. The van der Waals surface area contributed by atoms with Crippen LogP contribution in [0.4, 0.5) is 5.82 Å². The molecule has 0 spiro atoms. The molecule has 0 saturated heterocycles. The average Bonchev–Trinajstić information content (AvgIpc) is 3.29. The van der Waals surface area contributed by atoms with Crippen LogP contribution >= 0.6 is 0 Å². The van der Waals surface area contributed by atoms with Gasteiger partial charge in [-0.05, 0) is 42.0 Å². The number of aryl methyl sites for hydroxylation is 1. The molecule has 31 heavy (non-hydrogen) atoms. The molecule has 1 amide bonds. The average molecular weight is 432 g/mol. The van der Waals surface area contributed by atoms with Crippen LogP contribution in [0.1, 0.15) is 16.8 Å². The van der Waals surface area contributed by atoms with Crippen molar-refractivity contribution in [3.05, 3.63) is 83.6 Å². The highest BCUT2D eigenvalue weighted by Crippen LogP contribution is 2.31. The van der Waals surface area contributed by atoms with Crippen LogP contribution < -0.4 is 10.1 Å². The van der Waals surface area contributed by atoms with Crippen molar-refractivity contribution in [2.75, 3.05) is 11.9 Å². The van der Waals surface area contributed by atoms with E-state index in [4.69, 9.17) is 4.74 Å². The third kappa shape index (κ3) is 3.96. The van der Waals surface area contributed by atoms with Gasteiger partial charge in [0.1, 0.15) is 11.6 Å². The number of hydrogen-bond donors (Lipinski definition) is 1. The molecule has 2 heterocycles. The molecular formula is C24H21N3O3S. The minimum Gasteiger partial charge on any atom is -0.484 e. The molecule has 4 aromatic rings. The minimum atomic E-state index is -0.987. The van der Waals surface area contributed by atoms with Gasteiger partial charge in [-0.1, -0.05) is 48.0 Å². The number of benzene rings is 3. The van der Waals surface area contributed by atoms with Gasteiger partial charge in [0.05, 0.1) is 22.9 Å². The Hall–Kier alpha value is -3.45. The number of nitrogens with zero attached hydrogens (tertiary/aromatic N) is 2. The maximum atomic E-state index is 12.7. The van der Waals surface area contributed by atoms with E-state index < -0.39 is 10.8 Å². The summed E-state index contributed by atoms with van der Waals surface area (Å²) in [7, 11) is -0.987. The summed E-state index contributed by atoms with van der Waals surface area (Å²) in [5, 5.41) is 9.72. The van der Waals surface area contributed by atoms with Crippen molar-refractivity contribution in [2.24, 2.45) is 0 Å². The fourth-order valence-electron chi connectivity index (χ4n) is 3.70. The Bertz CT molecular complexity index is 1310. The van der Waals surface area contributed by atoms with Crippen molar-refractivity contribution in [3.63, 3.8) is 0 Å². The second kappa shape index (κ2) is 8.00. The molecule has 1 aliphatic rings. The molecule has 7 heteroatoms. The van der Waals surface area contributed by atoms with Crippen molar-refractivity contribution in [2.45, 2.75) is 18.4 Å². The fraction of sp³-hybridized carbons (Fsp3) is 0.167. The Morgan fingerprint density at radius 2 is 1.84 bits per heavy atom. The van der Waals surface area contributed by atoms with Crippen molar-refractivity contribution in [1.82, 2.24) is 9.78 Å². The molecule has 1 atom stereocenters. The van der Waals surface area contributed by atoms with E-state index in [1.807, 2.05) is 73.7 Å². The second-order valence-corrected chi connectivity index (χ2v) is 9.05. The molecule has 156 valence electrons. The quantitative estimate of drug-likeness (QED) is 0.516. The Balaban J connectivity index is 1.36. The molecule has 3 aromatic carbocycles. The van der Waals surface area contributed by atoms with E-state index in [0.717, 1.165) is 33.3 Å². The van der Waals surface area contributed by atoms with E-state index in [2.05, 4.69) is 10.4 Å². The van der Waals surface area contributed by atoms with Gasteiger partial charge in [-0.3, -0.25) is 9.00 Å². The van der Waals surface area contributed by atoms with Gasteiger partial charge in [-0.15, -0.1) is 0 Å². The third-order valence-electron chi connectivity index (χ3n) is 5.30. The number of nitrogens with one attached hydrogen (secondary N) is 1. The number of carbonyl (C=O) groups excluding carboxylic acids is 1. The summed E-state index contributed by atoms with van der Waals surface area (Å²) in [5.41, 5.74) is 3.58. The first-order valence-electron chi connectivity index (χ1n) is 10.0. The molecule has 1 N–H and O–H groups in total. The summed E-state index contributed by atoms with van der Waals surface area (Å²) in [6.45, 7) is 1.89. The van der Waals surface area contributed by atoms with E-state index in [-0.39, 0.29) is 12.5 Å². The van der Waals surface area contributed by atoms with Crippen LogP contribution in [0.15, 0.2) is 66.7 Å². The summed E-state index contributed by atoms with van der Waals surface area (Å²) in [5.74, 6) is 1.71. The Labute approximate surface area is 182 Å². The maximum absolute atomic E-state index is 12.7. The van der Waals surface area contributed by atoms with Crippen molar-refractivity contribution in [3.8, 4) is 11.4 Å². The van der Waals surface area contributed by atoms with E-state index in [0.29, 0.717) is 23.1 Å². The number of rotatable bonds is 5. The zero-order valence-electron chi connectivity index (χ0n) is 17.0. The minimum absolute atomic E-state index is 0.130. The van der Waals surface area contributed by atoms with E-state index in [1.54, 1.807) is 4.68 Å². The molecule has 0 saturated carbocycles. The van der Waals surface area contributed by atoms with Crippen molar-refractivity contribution in [1.29, 1.82) is 0 Å². The highest BCUT2D eigenvalue weighted by atomic mass is 32.2. The molecule has 0 bridgehead atoms. The van der Waals surface area contributed by atoms with Crippen LogP contribution in [0, 0.1) is 6.92 Å². The zero-order chi connectivity index (χ0) is 21.4. The standard InChI is InChI=1S/C24H21N3O3S/c1-16-6-9-19(10-7-16)27-24(21-14-31(29)15-22(21)26-27)25-23(28)13-30-20-11-8-17-4-2-3-5-18(17)12-20/h2-12H,13-15H2,1H3,(H,25,28)/t31-/m0/s1. The topological polar surface area (TPSA) is 73.2 Å². The number of carbonyl (C=O) groups is 1. The third-order valence-corrected chi connectivity index (χ3v) is 6.50. The SMILES string of the molecule is Cc1ccc(-n2nc3c(c2NC(=O)COc2ccc4ccccc4c2)C[S@](=O)C3)cc1. The molecule has 0 fully saturated rings. The summed E-state index contributed by atoms with van der Waals surface area (Å²) in [6.07, 6.45) is 0. The lowest BCUT2D eigenvalue weighted by Crippen LogP contribution is -2.22. The maximum Gasteiger partial charge on any atom is 0.263 e. The summed E-state index contributed by atoms with van der Waals surface area (Å²) < 4.78 is 19.5. The first-order chi connectivity index (χ1) is 15.1. The van der Waals surface area contributed by atoms with Gasteiger partial charge in [0.15, 0.2) is 6.61 Å². The van der Waals surface area contributed by atoms with Crippen LogP contribution in [-0.4, -0.2) is 26.5 Å². The number of anilines is 1. The smallest absolute Gasteiger partial charge is 0.263 e. The number of amides is 1. The van der Waals surface area contributed by atoms with Gasteiger partial charge in [0, 0.05) is 16.4 Å². The van der Waals surface area contributed by atoms with Crippen molar-refractivity contribution < 1.29 is 13.7 Å². The summed E-state index contributed by atoms with van der Waals surface area (Å²) in [6, 6.07) is 21.6. The number of aromatic nitrogens is 2. The van der Waals surface area contributed by atoms with Gasteiger partial charge in [-0.25, -0.2) is 4.68 Å².